The van der Waals surface area contributed by atoms with Crippen LogP contribution in [0.15, 0.2) is 53.4 Å². The number of hydrogen-bond donors (Lipinski definition) is 1. The van der Waals surface area contributed by atoms with Crippen molar-refractivity contribution in [3.05, 3.63) is 48.5 Å². The molecule has 0 bridgehead atoms. The Morgan fingerprint density at radius 1 is 1.11 bits per heavy atom. The summed E-state index contributed by atoms with van der Waals surface area (Å²) < 4.78 is 36.4. The number of anilines is 1. The summed E-state index contributed by atoms with van der Waals surface area (Å²) in [5.41, 5.74) is 0.314. The van der Waals surface area contributed by atoms with Gasteiger partial charge in [-0.3, -0.25) is 4.79 Å². The minimum atomic E-state index is -3.61. The zero-order chi connectivity index (χ0) is 19.9. The van der Waals surface area contributed by atoms with Crippen LogP contribution in [-0.4, -0.2) is 46.4 Å². The molecule has 0 saturated carbocycles. The Hall–Kier alpha value is -2.58. The van der Waals surface area contributed by atoms with Gasteiger partial charge in [-0.05, 0) is 36.8 Å². The average molecular weight is 392 g/mol. The second-order valence-corrected chi connectivity index (χ2v) is 8.11. The number of amides is 1. The van der Waals surface area contributed by atoms with Gasteiger partial charge >= 0.3 is 0 Å². The molecule has 0 atom stereocenters. The first-order valence-electron chi connectivity index (χ1n) is 8.43. The van der Waals surface area contributed by atoms with Gasteiger partial charge in [0.15, 0.2) is 0 Å². The highest BCUT2D eigenvalue weighted by Crippen LogP contribution is 2.28. The van der Waals surface area contributed by atoms with E-state index in [0.29, 0.717) is 24.5 Å². The lowest BCUT2D eigenvalue weighted by Crippen LogP contribution is -2.22. The SMILES string of the molecule is COc1ccc(S(=O)(=O)N(C)C)cc1NC(=O)CCCOc1ccccc1. The molecule has 0 aliphatic rings. The number of carbonyl (C=O) groups excluding carboxylic acids is 1. The first-order valence-corrected chi connectivity index (χ1v) is 9.87. The van der Waals surface area contributed by atoms with Crippen LogP contribution in [0, 0.1) is 0 Å². The predicted octanol–water partition coefficient (Wildman–Crippen LogP) is 2.74. The number of nitrogens with zero attached hydrogens (tertiary/aromatic N) is 1. The first-order chi connectivity index (χ1) is 12.8. The molecule has 27 heavy (non-hydrogen) atoms. The number of benzene rings is 2. The highest BCUT2D eigenvalue weighted by atomic mass is 32.2. The molecule has 8 heteroatoms. The van der Waals surface area contributed by atoms with E-state index in [9.17, 15) is 13.2 Å². The number of ether oxygens (including phenoxy) is 2. The Balaban J connectivity index is 1.97. The lowest BCUT2D eigenvalue weighted by atomic mass is 10.2. The summed E-state index contributed by atoms with van der Waals surface area (Å²) in [5, 5.41) is 2.71. The monoisotopic (exact) mass is 392 g/mol. The topological polar surface area (TPSA) is 84.9 Å². The summed E-state index contributed by atoms with van der Waals surface area (Å²) in [6.45, 7) is 0.406. The van der Waals surface area contributed by atoms with Crippen LogP contribution in [0.3, 0.4) is 0 Å². The van der Waals surface area contributed by atoms with E-state index in [1.807, 2.05) is 30.3 Å². The fourth-order valence-corrected chi connectivity index (χ4v) is 3.24. The Kier molecular flexibility index (Phi) is 7.20. The highest BCUT2D eigenvalue weighted by molar-refractivity contribution is 7.89. The van der Waals surface area contributed by atoms with Crippen LogP contribution in [0.2, 0.25) is 0 Å². The molecule has 0 radical (unpaired) electrons. The average Bonchev–Trinajstić information content (AvgIpc) is 2.66. The fourth-order valence-electron chi connectivity index (χ4n) is 2.31. The molecular weight excluding hydrogens is 368 g/mol. The molecule has 2 rings (SSSR count). The molecule has 0 aliphatic carbocycles. The van der Waals surface area contributed by atoms with Gasteiger partial charge in [-0.1, -0.05) is 18.2 Å². The van der Waals surface area contributed by atoms with E-state index in [4.69, 9.17) is 9.47 Å². The highest BCUT2D eigenvalue weighted by Gasteiger charge is 2.19. The maximum atomic E-state index is 12.3. The first kappa shape index (κ1) is 20.7. The zero-order valence-corrected chi connectivity index (χ0v) is 16.5. The van der Waals surface area contributed by atoms with Gasteiger partial charge in [0.2, 0.25) is 15.9 Å². The van der Waals surface area contributed by atoms with E-state index in [1.54, 1.807) is 0 Å². The molecular formula is C19H24N2O5S. The van der Waals surface area contributed by atoms with E-state index in [0.717, 1.165) is 10.1 Å². The number of para-hydroxylation sites is 1. The van der Waals surface area contributed by atoms with Crippen LogP contribution in [0.5, 0.6) is 11.5 Å². The smallest absolute Gasteiger partial charge is 0.242 e. The third-order valence-corrected chi connectivity index (χ3v) is 5.59. The van der Waals surface area contributed by atoms with Gasteiger partial charge in [-0.25, -0.2) is 12.7 Å². The molecule has 0 heterocycles. The second-order valence-electron chi connectivity index (χ2n) is 5.96. The number of nitrogens with one attached hydrogen (secondary N) is 1. The van der Waals surface area contributed by atoms with Gasteiger partial charge in [0.25, 0.3) is 0 Å². The minimum absolute atomic E-state index is 0.0796. The molecule has 0 fully saturated rings. The van der Waals surface area contributed by atoms with Gasteiger partial charge in [0, 0.05) is 20.5 Å². The quantitative estimate of drug-likeness (QED) is 0.663. The molecule has 0 aliphatic heterocycles. The normalized spacial score (nSPS) is 11.3. The van der Waals surface area contributed by atoms with Crippen LogP contribution in [-0.2, 0) is 14.8 Å². The maximum absolute atomic E-state index is 12.3. The number of rotatable bonds is 9. The lowest BCUT2D eigenvalue weighted by molar-refractivity contribution is -0.116. The molecule has 0 spiro atoms. The van der Waals surface area contributed by atoms with E-state index >= 15 is 0 Å². The second kappa shape index (κ2) is 9.38. The number of carbonyl (C=O) groups is 1. The lowest BCUT2D eigenvalue weighted by Gasteiger charge is -2.15. The zero-order valence-electron chi connectivity index (χ0n) is 15.6. The van der Waals surface area contributed by atoms with Gasteiger partial charge in [-0.2, -0.15) is 0 Å². The number of sulfonamides is 1. The molecule has 2 aromatic rings. The molecule has 0 unspecified atom stereocenters. The van der Waals surface area contributed by atoms with Crippen LogP contribution in [0.25, 0.3) is 0 Å². The van der Waals surface area contributed by atoms with Crippen LogP contribution >= 0.6 is 0 Å². The Morgan fingerprint density at radius 2 is 1.81 bits per heavy atom. The largest absolute Gasteiger partial charge is 0.495 e. The summed E-state index contributed by atoms with van der Waals surface area (Å²) in [6.07, 6.45) is 0.763. The Bertz CT molecular complexity index is 867. The Labute approximate surface area is 160 Å². The van der Waals surface area contributed by atoms with Crippen molar-refractivity contribution in [2.24, 2.45) is 0 Å². The summed E-state index contributed by atoms with van der Waals surface area (Å²) in [5.74, 6) is 0.895. The molecule has 0 saturated heterocycles. The summed E-state index contributed by atoms with van der Waals surface area (Å²) in [4.78, 5) is 12.3. The molecule has 2 aromatic carbocycles. The maximum Gasteiger partial charge on any atom is 0.242 e. The van der Waals surface area contributed by atoms with E-state index in [-0.39, 0.29) is 17.2 Å². The van der Waals surface area contributed by atoms with Gasteiger partial charge in [-0.15, -0.1) is 0 Å². The number of methoxy groups -OCH3 is 1. The predicted molar refractivity (Wildman–Crippen MR) is 104 cm³/mol. The van der Waals surface area contributed by atoms with Crippen molar-refractivity contribution in [2.75, 3.05) is 33.1 Å². The van der Waals surface area contributed by atoms with Gasteiger partial charge in [0.05, 0.1) is 24.3 Å². The van der Waals surface area contributed by atoms with Crippen molar-refractivity contribution < 1.29 is 22.7 Å². The summed E-state index contributed by atoms with van der Waals surface area (Å²) in [6, 6.07) is 13.7. The van der Waals surface area contributed by atoms with Crippen LogP contribution in [0.4, 0.5) is 5.69 Å². The van der Waals surface area contributed by atoms with Crippen molar-refractivity contribution in [1.82, 2.24) is 4.31 Å². The van der Waals surface area contributed by atoms with Crippen LogP contribution in [0.1, 0.15) is 12.8 Å². The standard InChI is InChI=1S/C19H24N2O5S/c1-21(2)27(23,24)16-11-12-18(25-3)17(14-16)20-19(22)10-7-13-26-15-8-5-4-6-9-15/h4-6,8-9,11-12,14H,7,10,13H2,1-3H3,(H,20,22). The van der Waals surface area contributed by atoms with Crippen molar-refractivity contribution in [2.45, 2.75) is 17.7 Å². The summed E-state index contributed by atoms with van der Waals surface area (Å²) in [7, 11) is 0.750. The molecule has 0 aromatic heterocycles. The number of hydrogen-bond acceptors (Lipinski definition) is 5. The summed E-state index contributed by atoms with van der Waals surface area (Å²) >= 11 is 0. The van der Waals surface area contributed by atoms with Crippen molar-refractivity contribution >= 4 is 21.6 Å². The van der Waals surface area contributed by atoms with E-state index < -0.39 is 10.0 Å². The molecule has 7 nitrogen and oxygen atoms in total. The molecule has 1 N–H and O–H groups in total. The minimum Gasteiger partial charge on any atom is -0.495 e. The van der Waals surface area contributed by atoms with Crippen LogP contribution < -0.4 is 14.8 Å². The van der Waals surface area contributed by atoms with Gasteiger partial charge in [0.1, 0.15) is 11.5 Å². The molecule has 146 valence electrons. The third-order valence-electron chi connectivity index (χ3n) is 3.78. The third kappa shape index (κ3) is 5.70. The van der Waals surface area contributed by atoms with E-state index in [2.05, 4.69) is 5.32 Å². The van der Waals surface area contributed by atoms with Crippen molar-refractivity contribution in [3.8, 4) is 11.5 Å². The molecule has 1 amide bonds. The Morgan fingerprint density at radius 3 is 2.44 bits per heavy atom. The van der Waals surface area contributed by atoms with E-state index in [1.165, 1.54) is 39.4 Å². The van der Waals surface area contributed by atoms with Crippen molar-refractivity contribution in [1.29, 1.82) is 0 Å². The van der Waals surface area contributed by atoms with Gasteiger partial charge < -0.3 is 14.8 Å². The fraction of sp³-hybridized carbons (Fsp3) is 0.316. The van der Waals surface area contributed by atoms with Crippen molar-refractivity contribution in [3.63, 3.8) is 0 Å².